The van der Waals surface area contributed by atoms with Crippen LogP contribution in [0.3, 0.4) is 0 Å². The van der Waals surface area contributed by atoms with Crippen LogP contribution < -0.4 is 0 Å². The molecular weight excluding hydrogens is 96.1 g/mol. The van der Waals surface area contributed by atoms with Crippen molar-refractivity contribution >= 4 is 0 Å². The molecule has 2 saturated carbocycles. The van der Waals surface area contributed by atoms with Crippen molar-refractivity contribution in [3.05, 3.63) is 0 Å². The number of rotatable bonds is 0. The van der Waals surface area contributed by atoms with E-state index in [1.807, 2.05) is 0 Å². The maximum Gasteiger partial charge on any atom is -0.0355 e. The molecule has 2 rings (SSSR count). The Balaban J connectivity index is 2.08. The third-order valence-corrected chi connectivity index (χ3v) is 3.22. The van der Waals surface area contributed by atoms with E-state index in [2.05, 4.69) is 13.8 Å². The Morgan fingerprint density at radius 3 is 2.12 bits per heavy atom. The first-order chi connectivity index (χ1) is 3.79. The summed E-state index contributed by atoms with van der Waals surface area (Å²) in [5, 5.41) is 0. The predicted molar refractivity (Wildman–Crippen MR) is 34.5 cm³/mol. The molecule has 2 aliphatic carbocycles. The Bertz CT molecular complexity index is 105. The van der Waals surface area contributed by atoms with Crippen LogP contribution in [0.25, 0.3) is 0 Å². The summed E-state index contributed by atoms with van der Waals surface area (Å²) in [4.78, 5) is 0. The van der Waals surface area contributed by atoms with Gasteiger partial charge < -0.3 is 0 Å². The van der Waals surface area contributed by atoms with Gasteiger partial charge in [-0.3, -0.25) is 0 Å². The zero-order valence-electron chi connectivity index (χ0n) is 5.72. The SMILES string of the molecule is C[C@@H]1C[C@@H]2CC2[C@@H]1C. The monoisotopic (exact) mass is 110 g/mol. The van der Waals surface area contributed by atoms with Gasteiger partial charge in [-0.25, -0.2) is 0 Å². The molecule has 8 heavy (non-hydrogen) atoms. The van der Waals surface area contributed by atoms with Crippen LogP contribution >= 0.6 is 0 Å². The molecule has 0 N–H and O–H groups in total. The molecule has 0 amide bonds. The van der Waals surface area contributed by atoms with Crippen LogP contribution in [0.15, 0.2) is 0 Å². The predicted octanol–water partition coefficient (Wildman–Crippen LogP) is 2.30. The lowest BCUT2D eigenvalue weighted by Gasteiger charge is -2.10. The van der Waals surface area contributed by atoms with Crippen LogP contribution in [0, 0.1) is 23.7 Å². The highest BCUT2D eigenvalue weighted by molar-refractivity contribution is 4.98. The molecule has 0 aliphatic heterocycles. The summed E-state index contributed by atoms with van der Waals surface area (Å²) in [6.07, 6.45) is 3.09. The lowest BCUT2D eigenvalue weighted by molar-refractivity contribution is 0.394. The molecule has 0 heterocycles. The van der Waals surface area contributed by atoms with E-state index in [0.717, 1.165) is 17.8 Å². The van der Waals surface area contributed by atoms with Gasteiger partial charge in [0.25, 0.3) is 0 Å². The van der Waals surface area contributed by atoms with E-state index in [1.165, 1.54) is 12.3 Å². The molecule has 0 aromatic rings. The van der Waals surface area contributed by atoms with E-state index in [1.54, 1.807) is 6.42 Å². The van der Waals surface area contributed by atoms with Gasteiger partial charge in [0.15, 0.2) is 0 Å². The van der Waals surface area contributed by atoms with Crippen molar-refractivity contribution in [3.8, 4) is 0 Å². The third-order valence-electron chi connectivity index (χ3n) is 3.22. The molecule has 0 bridgehead atoms. The molecule has 0 spiro atoms. The maximum absolute atomic E-state index is 2.42. The first-order valence-electron chi connectivity index (χ1n) is 3.79. The van der Waals surface area contributed by atoms with Gasteiger partial charge in [-0.05, 0) is 36.5 Å². The Morgan fingerprint density at radius 1 is 1.12 bits per heavy atom. The second kappa shape index (κ2) is 1.29. The summed E-state index contributed by atoms with van der Waals surface area (Å²) in [5.41, 5.74) is 0. The quantitative estimate of drug-likeness (QED) is 0.449. The van der Waals surface area contributed by atoms with Crippen LogP contribution in [0.5, 0.6) is 0 Å². The molecule has 0 aromatic carbocycles. The fourth-order valence-corrected chi connectivity index (χ4v) is 2.30. The second-order valence-electron chi connectivity index (χ2n) is 3.73. The van der Waals surface area contributed by atoms with Crippen molar-refractivity contribution in [3.63, 3.8) is 0 Å². The van der Waals surface area contributed by atoms with Crippen LogP contribution in [0.1, 0.15) is 26.7 Å². The average Bonchev–Trinajstić information content (AvgIpc) is 2.39. The van der Waals surface area contributed by atoms with Gasteiger partial charge in [0.05, 0.1) is 0 Å². The summed E-state index contributed by atoms with van der Waals surface area (Å²) in [6, 6.07) is 0. The average molecular weight is 110 g/mol. The molecule has 0 heteroatoms. The highest BCUT2D eigenvalue weighted by atomic mass is 14.5. The van der Waals surface area contributed by atoms with Crippen molar-refractivity contribution in [1.82, 2.24) is 0 Å². The number of fused-ring (bicyclic) bond motifs is 1. The van der Waals surface area contributed by atoms with Gasteiger partial charge in [-0.2, -0.15) is 0 Å². The Hall–Kier alpha value is 0. The smallest absolute Gasteiger partial charge is 0.0355 e. The van der Waals surface area contributed by atoms with Crippen molar-refractivity contribution in [2.24, 2.45) is 23.7 Å². The first-order valence-corrected chi connectivity index (χ1v) is 3.79. The van der Waals surface area contributed by atoms with Gasteiger partial charge in [-0.1, -0.05) is 13.8 Å². The van der Waals surface area contributed by atoms with Crippen molar-refractivity contribution < 1.29 is 0 Å². The minimum Gasteiger partial charge on any atom is -0.0622 e. The van der Waals surface area contributed by atoms with Crippen LogP contribution in [0.4, 0.5) is 0 Å². The molecule has 2 fully saturated rings. The van der Waals surface area contributed by atoms with E-state index in [0.29, 0.717) is 0 Å². The Kier molecular flexibility index (Phi) is 0.778. The van der Waals surface area contributed by atoms with Crippen LogP contribution in [-0.4, -0.2) is 0 Å². The lowest BCUT2D eigenvalue weighted by Crippen LogP contribution is -2.02. The molecule has 0 radical (unpaired) electrons. The fraction of sp³-hybridized carbons (Fsp3) is 1.00. The summed E-state index contributed by atoms with van der Waals surface area (Å²) in [5.74, 6) is 4.42. The van der Waals surface area contributed by atoms with Gasteiger partial charge in [0, 0.05) is 0 Å². The van der Waals surface area contributed by atoms with Gasteiger partial charge in [0.2, 0.25) is 0 Å². The van der Waals surface area contributed by atoms with E-state index >= 15 is 0 Å². The summed E-state index contributed by atoms with van der Waals surface area (Å²) < 4.78 is 0. The molecule has 4 atom stereocenters. The molecule has 46 valence electrons. The largest absolute Gasteiger partial charge is 0.0622 e. The summed E-state index contributed by atoms with van der Waals surface area (Å²) in [6.45, 7) is 4.82. The topological polar surface area (TPSA) is 0 Å². The number of hydrogen-bond donors (Lipinski definition) is 0. The normalized spacial score (nSPS) is 60.8. The molecule has 0 aromatic heterocycles. The summed E-state index contributed by atoms with van der Waals surface area (Å²) >= 11 is 0. The maximum atomic E-state index is 2.42. The first kappa shape index (κ1) is 4.84. The van der Waals surface area contributed by atoms with E-state index < -0.39 is 0 Å². The molecule has 0 saturated heterocycles. The highest BCUT2D eigenvalue weighted by Crippen LogP contribution is 2.57. The number of hydrogen-bond acceptors (Lipinski definition) is 0. The Labute approximate surface area is 51.3 Å². The van der Waals surface area contributed by atoms with E-state index in [4.69, 9.17) is 0 Å². The minimum atomic E-state index is 1.04. The molecule has 0 nitrogen and oxygen atoms in total. The lowest BCUT2D eigenvalue weighted by atomic mass is 9.95. The van der Waals surface area contributed by atoms with E-state index in [-0.39, 0.29) is 0 Å². The molecule has 2 aliphatic rings. The van der Waals surface area contributed by atoms with E-state index in [9.17, 15) is 0 Å². The van der Waals surface area contributed by atoms with Gasteiger partial charge in [0.1, 0.15) is 0 Å². The fourth-order valence-electron chi connectivity index (χ4n) is 2.30. The highest BCUT2D eigenvalue weighted by Gasteiger charge is 2.49. The third kappa shape index (κ3) is 0.463. The standard InChI is InChI=1S/C8H14/c1-5-3-7-4-8(7)6(5)2/h5-8H,3-4H2,1-2H3/t5-,6-,7-,8?/m1/s1. The van der Waals surface area contributed by atoms with Crippen molar-refractivity contribution in [1.29, 1.82) is 0 Å². The molecule has 1 unspecified atom stereocenters. The van der Waals surface area contributed by atoms with Crippen LogP contribution in [-0.2, 0) is 0 Å². The van der Waals surface area contributed by atoms with Gasteiger partial charge >= 0.3 is 0 Å². The zero-order valence-corrected chi connectivity index (χ0v) is 5.72. The summed E-state index contributed by atoms with van der Waals surface area (Å²) in [7, 11) is 0. The van der Waals surface area contributed by atoms with Crippen molar-refractivity contribution in [2.75, 3.05) is 0 Å². The van der Waals surface area contributed by atoms with Crippen LogP contribution in [0.2, 0.25) is 0 Å². The minimum absolute atomic E-state index is 1.04. The Morgan fingerprint density at radius 2 is 1.88 bits per heavy atom. The molecular formula is C8H14. The van der Waals surface area contributed by atoms with Crippen molar-refractivity contribution in [2.45, 2.75) is 26.7 Å². The zero-order chi connectivity index (χ0) is 5.72. The second-order valence-corrected chi connectivity index (χ2v) is 3.73. The van der Waals surface area contributed by atoms with Gasteiger partial charge in [-0.15, -0.1) is 0 Å².